The van der Waals surface area contributed by atoms with Gasteiger partial charge < -0.3 is 5.32 Å². The molecule has 2 rings (SSSR count). The van der Waals surface area contributed by atoms with Crippen LogP contribution in [0.3, 0.4) is 0 Å². The number of hydrogen-bond acceptors (Lipinski definition) is 2. The molecule has 2 aromatic carbocycles. The SMILES string of the molecule is Cc1ccc(C(C)Nc2c(F)cc(C#N)cc2F)cc1F. The van der Waals surface area contributed by atoms with Crippen LogP contribution in [0, 0.1) is 35.7 Å². The van der Waals surface area contributed by atoms with Crippen LogP contribution in [0.4, 0.5) is 18.9 Å². The molecule has 2 nitrogen and oxygen atoms in total. The molecule has 0 heterocycles. The van der Waals surface area contributed by atoms with E-state index in [1.165, 1.54) is 6.07 Å². The molecule has 1 unspecified atom stereocenters. The Labute approximate surface area is 120 Å². The molecule has 0 aromatic heterocycles. The topological polar surface area (TPSA) is 35.8 Å². The summed E-state index contributed by atoms with van der Waals surface area (Å²) in [5.74, 6) is -2.08. The fraction of sp³-hybridized carbons (Fsp3) is 0.188. The van der Waals surface area contributed by atoms with Crippen molar-refractivity contribution in [2.75, 3.05) is 5.32 Å². The van der Waals surface area contributed by atoms with Crippen molar-refractivity contribution in [2.24, 2.45) is 0 Å². The largest absolute Gasteiger partial charge is 0.374 e. The van der Waals surface area contributed by atoms with E-state index in [0.29, 0.717) is 11.1 Å². The standard InChI is InChI=1S/C16H13F3N2/c1-9-3-4-12(7-13(9)17)10(2)21-16-14(18)5-11(8-20)6-15(16)19/h3-7,10,21H,1-2H3. The number of benzene rings is 2. The number of nitrogens with zero attached hydrogens (tertiary/aromatic N) is 1. The summed E-state index contributed by atoms with van der Waals surface area (Å²) >= 11 is 0. The number of nitriles is 1. The van der Waals surface area contributed by atoms with E-state index in [9.17, 15) is 13.2 Å². The van der Waals surface area contributed by atoms with Crippen molar-refractivity contribution in [3.05, 3.63) is 64.5 Å². The summed E-state index contributed by atoms with van der Waals surface area (Å²) in [6, 6.07) is 7.71. The second-order valence-electron chi connectivity index (χ2n) is 4.80. The second-order valence-corrected chi connectivity index (χ2v) is 4.80. The first-order valence-electron chi connectivity index (χ1n) is 6.34. The number of anilines is 1. The lowest BCUT2D eigenvalue weighted by Crippen LogP contribution is -2.10. The first-order chi connectivity index (χ1) is 9.92. The van der Waals surface area contributed by atoms with Crippen LogP contribution in [-0.4, -0.2) is 0 Å². The summed E-state index contributed by atoms with van der Waals surface area (Å²) in [5.41, 5.74) is 0.648. The Hall–Kier alpha value is -2.48. The Balaban J connectivity index is 2.29. The highest BCUT2D eigenvalue weighted by Crippen LogP contribution is 2.26. The zero-order valence-corrected chi connectivity index (χ0v) is 11.5. The average Bonchev–Trinajstić information content (AvgIpc) is 2.45. The Kier molecular flexibility index (Phi) is 4.18. The van der Waals surface area contributed by atoms with Crippen LogP contribution in [0.25, 0.3) is 0 Å². The van der Waals surface area contributed by atoms with E-state index in [1.807, 2.05) is 0 Å². The smallest absolute Gasteiger partial charge is 0.150 e. The van der Waals surface area contributed by atoms with E-state index >= 15 is 0 Å². The lowest BCUT2D eigenvalue weighted by atomic mass is 10.1. The second kappa shape index (κ2) is 5.88. The molecule has 108 valence electrons. The molecule has 0 saturated carbocycles. The highest BCUT2D eigenvalue weighted by Gasteiger charge is 2.15. The number of hydrogen-bond donors (Lipinski definition) is 1. The van der Waals surface area contributed by atoms with Gasteiger partial charge in [-0.25, -0.2) is 13.2 Å². The molecular formula is C16H13F3N2. The molecule has 1 N–H and O–H groups in total. The van der Waals surface area contributed by atoms with E-state index < -0.39 is 17.7 Å². The van der Waals surface area contributed by atoms with Crippen LogP contribution in [0.1, 0.15) is 29.7 Å². The number of aryl methyl sites for hydroxylation is 1. The van der Waals surface area contributed by atoms with Crippen LogP contribution in [0.15, 0.2) is 30.3 Å². The zero-order valence-electron chi connectivity index (χ0n) is 11.5. The molecule has 21 heavy (non-hydrogen) atoms. The van der Waals surface area contributed by atoms with E-state index in [2.05, 4.69) is 5.32 Å². The molecule has 0 radical (unpaired) electrons. The lowest BCUT2D eigenvalue weighted by molar-refractivity contribution is 0.583. The Morgan fingerprint density at radius 3 is 2.19 bits per heavy atom. The monoisotopic (exact) mass is 290 g/mol. The minimum absolute atomic E-state index is 0.0930. The highest BCUT2D eigenvalue weighted by molar-refractivity contribution is 5.51. The van der Waals surface area contributed by atoms with E-state index in [-0.39, 0.29) is 17.1 Å². The van der Waals surface area contributed by atoms with Crippen molar-refractivity contribution in [1.82, 2.24) is 0 Å². The highest BCUT2D eigenvalue weighted by atomic mass is 19.1. The third-order valence-electron chi connectivity index (χ3n) is 3.23. The van der Waals surface area contributed by atoms with E-state index in [0.717, 1.165) is 12.1 Å². The van der Waals surface area contributed by atoms with Gasteiger partial charge in [-0.2, -0.15) is 5.26 Å². The van der Waals surface area contributed by atoms with Gasteiger partial charge in [-0.05, 0) is 43.2 Å². The minimum atomic E-state index is -0.856. The molecule has 0 saturated heterocycles. The summed E-state index contributed by atoms with van der Waals surface area (Å²) in [6.07, 6.45) is 0. The summed E-state index contributed by atoms with van der Waals surface area (Å²) in [4.78, 5) is 0. The Morgan fingerprint density at radius 1 is 1.05 bits per heavy atom. The number of halogens is 3. The van der Waals surface area contributed by atoms with Crippen LogP contribution in [-0.2, 0) is 0 Å². The molecule has 0 aliphatic rings. The summed E-state index contributed by atoms with van der Waals surface area (Å²) in [5, 5.41) is 11.3. The molecule has 2 aromatic rings. The van der Waals surface area contributed by atoms with Gasteiger partial charge in [0.25, 0.3) is 0 Å². The quantitative estimate of drug-likeness (QED) is 0.906. The summed E-state index contributed by atoms with van der Waals surface area (Å²) in [7, 11) is 0. The molecule has 0 bridgehead atoms. The third-order valence-corrected chi connectivity index (χ3v) is 3.23. The van der Waals surface area contributed by atoms with E-state index in [1.54, 1.807) is 32.0 Å². The minimum Gasteiger partial charge on any atom is -0.374 e. The maximum Gasteiger partial charge on any atom is 0.150 e. The maximum atomic E-state index is 13.8. The average molecular weight is 290 g/mol. The van der Waals surface area contributed by atoms with Crippen LogP contribution >= 0.6 is 0 Å². The predicted molar refractivity (Wildman–Crippen MR) is 74.2 cm³/mol. The van der Waals surface area contributed by atoms with Crippen molar-refractivity contribution >= 4 is 5.69 Å². The van der Waals surface area contributed by atoms with Gasteiger partial charge in [-0.1, -0.05) is 12.1 Å². The molecule has 5 heteroatoms. The van der Waals surface area contributed by atoms with Gasteiger partial charge in [-0.3, -0.25) is 0 Å². The Bertz CT molecular complexity index is 697. The van der Waals surface area contributed by atoms with Gasteiger partial charge in [0, 0.05) is 6.04 Å². The molecule has 0 aliphatic heterocycles. The predicted octanol–water partition coefficient (Wildman–Crippen LogP) is 4.46. The molecule has 1 atom stereocenters. The van der Waals surface area contributed by atoms with Gasteiger partial charge in [-0.15, -0.1) is 0 Å². The fourth-order valence-electron chi connectivity index (χ4n) is 1.95. The normalized spacial score (nSPS) is 11.8. The van der Waals surface area contributed by atoms with Crippen molar-refractivity contribution in [3.8, 4) is 6.07 Å². The van der Waals surface area contributed by atoms with Crippen molar-refractivity contribution in [2.45, 2.75) is 19.9 Å². The molecule has 0 amide bonds. The third kappa shape index (κ3) is 3.16. The Morgan fingerprint density at radius 2 is 1.67 bits per heavy atom. The summed E-state index contributed by atoms with van der Waals surface area (Å²) < 4.78 is 41.1. The first-order valence-corrected chi connectivity index (χ1v) is 6.34. The molecule has 0 spiro atoms. The van der Waals surface area contributed by atoms with E-state index in [4.69, 9.17) is 5.26 Å². The molecule has 0 aliphatic carbocycles. The first kappa shape index (κ1) is 14.9. The zero-order chi connectivity index (χ0) is 15.6. The maximum absolute atomic E-state index is 13.8. The number of nitrogens with one attached hydrogen (secondary N) is 1. The van der Waals surface area contributed by atoms with Gasteiger partial charge >= 0.3 is 0 Å². The van der Waals surface area contributed by atoms with Crippen molar-refractivity contribution in [3.63, 3.8) is 0 Å². The molecule has 0 fully saturated rings. The van der Waals surface area contributed by atoms with Crippen LogP contribution in [0.5, 0.6) is 0 Å². The number of rotatable bonds is 3. The summed E-state index contributed by atoms with van der Waals surface area (Å²) in [6.45, 7) is 3.30. The van der Waals surface area contributed by atoms with Gasteiger partial charge in [0.15, 0.2) is 11.6 Å². The van der Waals surface area contributed by atoms with Crippen molar-refractivity contribution in [1.29, 1.82) is 5.26 Å². The lowest BCUT2D eigenvalue weighted by Gasteiger charge is -2.17. The fourth-order valence-corrected chi connectivity index (χ4v) is 1.95. The van der Waals surface area contributed by atoms with Gasteiger partial charge in [0.1, 0.15) is 11.5 Å². The van der Waals surface area contributed by atoms with Crippen molar-refractivity contribution < 1.29 is 13.2 Å². The van der Waals surface area contributed by atoms with Crippen LogP contribution < -0.4 is 5.32 Å². The van der Waals surface area contributed by atoms with Gasteiger partial charge in [0.2, 0.25) is 0 Å². The van der Waals surface area contributed by atoms with Gasteiger partial charge in [0.05, 0.1) is 11.6 Å². The van der Waals surface area contributed by atoms with Crippen LogP contribution in [0.2, 0.25) is 0 Å². The molecular weight excluding hydrogens is 277 g/mol.